The number of furan rings is 1. The maximum absolute atomic E-state index is 8.64. The highest BCUT2D eigenvalue weighted by Gasteiger charge is 2.13. The third-order valence-corrected chi connectivity index (χ3v) is 4.54. The van der Waals surface area contributed by atoms with E-state index in [4.69, 9.17) is 16.1 Å². The van der Waals surface area contributed by atoms with Crippen LogP contribution in [0.4, 0.5) is 0 Å². The molecule has 0 unspecified atom stereocenters. The zero-order chi connectivity index (χ0) is 17.0. The molecule has 2 rings (SSSR count). The van der Waals surface area contributed by atoms with Gasteiger partial charge in [0.15, 0.2) is 6.19 Å². The van der Waals surface area contributed by atoms with Crippen LogP contribution in [-0.4, -0.2) is 42.8 Å². The fraction of sp³-hybridized carbons (Fsp3) is 0.529. The van der Waals surface area contributed by atoms with Crippen molar-refractivity contribution < 1.29 is 4.42 Å². The first-order valence-corrected chi connectivity index (χ1v) is 9.22. The van der Waals surface area contributed by atoms with Gasteiger partial charge in [-0.1, -0.05) is 5.92 Å². The van der Waals surface area contributed by atoms with Crippen LogP contribution >= 0.6 is 11.8 Å². The largest absolute Gasteiger partial charge is 0.464 e. The lowest BCUT2D eigenvalue weighted by atomic mass is 10.4. The minimum atomic E-state index is 0.340. The van der Waals surface area contributed by atoms with E-state index >= 15 is 0 Å². The molecule has 0 saturated carbocycles. The zero-order valence-corrected chi connectivity index (χ0v) is 14.6. The predicted octanol–water partition coefficient (Wildman–Crippen LogP) is 1.76. The van der Waals surface area contributed by atoms with Crippen LogP contribution < -0.4 is 10.6 Å². The van der Waals surface area contributed by atoms with E-state index in [0.29, 0.717) is 19.0 Å². The molecule has 2 N–H and O–H groups in total. The maximum Gasteiger partial charge on any atom is 0.205 e. The molecule has 6 nitrogen and oxygen atoms in total. The molecule has 0 aliphatic carbocycles. The van der Waals surface area contributed by atoms with Gasteiger partial charge in [-0.25, -0.2) is 0 Å². The number of nitrogens with zero attached hydrogens (tertiary/aromatic N) is 3. The van der Waals surface area contributed by atoms with Crippen LogP contribution in [0.15, 0.2) is 21.5 Å². The Bertz CT molecular complexity index is 607. The average Bonchev–Trinajstić information content (AvgIpc) is 3.24. The van der Waals surface area contributed by atoms with Gasteiger partial charge in [-0.2, -0.15) is 17.0 Å². The van der Waals surface area contributed by atoms with Gasteiger partial charge in [-0.15, -0.1) is 6.42 Å². The summed E-state index contributed by atoms with van der Waals surface area (Å²) in [5.41, 5.74) is 0. The number of likely N-dealkylation sites (tertiary alicyclic amines) is 1. The molecule has 7 heteroatoms. The van der Waals surface area contributed by atoms with Gasteiger partial charge in [0.1, 0.15) is 11.5 Å². The van der Waals surface area contributed by atoms with Crippen molar-refractivity contribution in [2.24, 2.45) is 4.99 Å². The second-order valence-corrected chi connectivity index (χ2v) is 6.53. The second-order valence-electron chi connectivity index (χ2n) is 5.43. The molecule has 1 aromatic heterocycles. The molecule has 1 saturated heterocycles. The Kier molecular flexibility index (Phi) is 8.09. The summed E-state index contributed by atoms with van der Waals surface area (Å²) in [6.07, 6.45) is 9.60. The maximum atomic E-state index is 8.64. The number of terminal acetylenes is 1. The highest BCUT2D eigenvalue weighted by atomic mass is 32.2. The molecule has 1 aliphatic rings. The quantitative estimate of drug-likeness (QED) is 0.187. The highest BCUT2D eigenvalue weighted by molar-refractivity contribution is 7.98. The van der Waals surface area contributed by atoms with Gasteiger partial charge in [0.25, 0.3) is 0 Å². The van der Waals surface area contributed by atoms with E-state index in [0.717, 1.165) is 29.6 Å². The Morgan fingerprint density at radius 1 is 1.38 bits per heavy atom. The average molecular weight is 345 g/mol. The van der Waals surface area contributed by atoms with Crippen molar-refractivity contribution in [1.82, 2.24) is 15.5 Å². The summed E-state index contributed by atoms with van der Waals surface area (Å²) in [5, 5.41) is 14.0. The first-order valence-electron chi connectivity index (χ1n) is 8.06. The summed E-state index contributed by atoms with van der Waals surface area (Å²) in [6, 6.07) is 4.13. The summed E-state index contributed by atoms with van der Waals surface area (Å²) in [7, 11) is 0. The fourth-order valence-corrected chi connectivity index (χ4v) is 3.19. The monoisotopic (exact) mass is 345 g/mol. The number of rotatable bonds is 8. The predicted molar refractivity (Wildman–Crippen MR) is 97.3 cm³/mol. The van der Waals surface area contributed by atoms with Crippen LogP contribution in [0.3, 0.4) is 0 Å². The van der Waals surface area contributed by atoms with Gasteiger partial charge >= 0.3 is 0 Å². The molecule has 0 atom stereocenters. The Labute approximate surface area is 147 Å². The summed E-state index contributed by atoms with van der Waals surface area (Å²) in [5.74, 6) is 6.58. The van der Waals surface area contributed by atoms with Gasteiger partial charge in [0, 0.05) is 5.75 Å². The minimum Gasteiger partial charge on any atom is -0.464 e. The van der Waals surface area contributed by atoms with Gasteiger partial charge in [0.05, 0.1) is 25.4 Å². The Morgan fingerprint density at radius 3 is 2.92 bits per heavy atom. The number of nitriles is 1. The normalized spacial score (nSPS) is 15.0. The number of guanidine groups is 1. The van der Waals surface area contributed by atoms with Gasteiger partial charge in [-0.3, -0.25) is 15.2 Å². The van der Waals surface area contributed by atoms with E-state index < -0.39 is 0 Å². The minimum absolute atomic E-state index is 0.340. The van der Waals surface area contributed by atoms with E-state index in [2.05, 4.69) is 38.6 Å². The van der Waals surface area contributed by atoms with Crippen LogP contribution in [0.2, 0.25) is 0 Å². The molecule has 24 heavy (non-hydrogen) atoms. The first kappa shape index (κ1) is 18.3. The van der Waals surface area contributed by atoms with Crippen LogP contribution in [0.1, 0.15) is 24.4 Å². The van der Waals surface area contributed by atoms with Crippen molar-refractivity contribution in [2.45, 2.75) is 25.1 Å². The smallest absolute Gasteiger partial charge is 0.205 e. The zero-order valence-electron chi connectivity index (χ0n) is 13.8. The Balaban J connectivity index is 1.65. The van der Waals surface area contributed by atoms with E-state index in [1.807, 2.05) is 6.19 Å². The molecule has 0 spiro atoms. The number of hydrogen-bond acceptors (Lipinski definition) is 5. The lowest BCUT2D eigenvalue weighted by Gasteiger charge is -2.11. The van der Waals surface area contributed by atoms with Crippen molar-refractivity contribution >= 4 is 17.7 Å². The number of hydrogen-bond donors (Lipinski definition) is 2. The van der Waals surface area contributed by atoms with E-state index in [1.165, 1.54) is 25.9 Å². The van der Waals surface area contributed by atoms with Crippen molar-refractivity contribution in [3.8, 4) is 18.5 Å². The first-order chi connectivity index (χ1) is 11.8. The van der Waals surface area contributed by atoms with Crippen molar-refractivity contribution in [2.75, 3.05) is 31.9 Å². The molecular formula is C17H23N5OS. The fourth-order valence-electron chi connectivity index (χ4n) is 2.47. The van der Waals surface area contributed by atoms with E-state index in [1.54, 1.807) is 11.8 Å². The Morgan fingerprint density at radius 2 is 2.17 bits per heavy atom. The van der Waals surface area contributed by atoms with Crippen LogP contribution in [0, 0.1) is 23.8 Å². The van der Waals surface area contributed by atoms with Crippen molar-refractivity contribution in [3.05, 3.63) is 23.7 Å². The summed E-state index contributed by atoms with van der Waals surface area (Å²) in [4.78, 5) is 6.70. The number of thioether (sulfide) groups is 1. The van der Waals surface area contributed by atoms with Gasteiger partial charge in [-0.05, 0) is 38.1 Å². The number of aliphatic imine (C=N–C) groups is 1. The van der Waals surface area contributed by atoms with Gasteiger partial charge < -0.3 is 9.73 Å². The standard InChI is InChI=1S/C17H23N5OS/c1-2-7-19-17(21-14-18)20-8-11-24-13-16-6-5-15(23-16)12-22-9-3-4-10-22/h1,5-6H,3-4,7-13H2,(H2,19,20,21). The molecule has 1 fully saturated rings. The second kappa shape index (κ2) is 10.6. The van der Waals surface area contributed by atoms with E-state index in [9.17, 15) is 0 Å². The molecule has 0 aromatic carbocycles. The topological polar surface area (TPSA) is 76.6 Å². The third-order valence-electron chi connectivity index (χ3n) is 3.58. The summed E-state index contributed by atoms with van der Waals surface area (Å²) >= 11 is 1.75. The van der Waals surface area contributed by atoms with Crippen molar-refractivity contribution in [3.63, 3.8) is 0 Å². The third kappa shape index (κ3) is 6.57. The molecule has 0 amide bonds. The van der Waals surface area contributed by atoms with Gasteiger partial charge in [0.2, 0.25) is 5.96 Å². The highest BCUT2D eigenvalue weighted by Crippen LogP contribution is 2.18. The summed E-state index contributed by atoms with van der Waals surface area (Å²) < 4.78 is 5.88. The van der Waals surface area contributed by atoms with Crippen molar-refractivity contribution in [1.29, 1.82) is 5.26 Å². The van der Waals surface area contributed by atoms with Crippen LogP contribution in [0.25, 0.3) is 0 Å². The molecular weight excluding hydrogens is 322 g/mol. The Hall–Kier alpha value is -2.09. The van der Waals surface area contributed by atoms with E-state index in [-0.39, 0.29) is 0 Å². The lowest BCUT2D eigenvalue weighted by Crippen LogP contribution is -2.34. The van der Waals surface area contributed by atoms with Crippen LogP contribution in [0.5, 0.6) is 0 Å². The van der Waals surface area contributed by atoms with Crippen LogP contribution in [-0.2, 0) is 12.3 Å². The lowest BCUT2D eigenvalue weighted by molar-refractivity contribution is 0.294. The SMILES string of the molecule is C#CCNC(=NCCSCc1ccc(CN2CCCC2)o1)NC#N. The molecule has 1 aromatic rings. The summed E-state index contributed by atoms with van der Waals surface area (Å²) in [6.45, 7) is 4.21. The number of nitrogens with one attached hydrogen (secondary N) is 2. The molecule has 0 bridgehead atoms. The molecule has 0 radical (unpaired) electrons. The molecule has 1 aliphatic heterocycles. The molecule has 128 valence electrons. The molecule has 2 heterocycles.